The standard InChI is InChI=1S/C15H14ClFN2O2/c1-19(15(20)11-6-7-18-10-12(11)16)8-9-21-14-5-3-2-4-13(14)17/h2-7,10H,8-9H2,1H3. The van der Waals surface area contributed by atoms with E-state index in [1.807, 2.05) is 0 Å². The molecule has 1 amide bonds. The maximum Gasteiger partial charge on any atom is 0.255 e. The molecule has 1 heterocycles. The largest absolute Gasteiger partial charge is 0.489 e. The highest BCUT2D eigenvalue weighted by Gasteiger charge is 2.15. The van der Waals surface area contributed by atoms with Gasteiger partial charge in [0.05, 0.1) is 17.1 Å². The van der Waals surface area contributed by atoms with Crippen LogP contribution >= 0.6 is 11.6 Å². The zero-order chi connectivity index (χ0) is 15.2. The minimum absolute atomic E-state index is 0.167. The summed E-state index contributed by atoms with van der Waals surface area (Å²) in [5, 5.41) is 0.296. The monoisotopic (exact) mass is 308 g/mol. The fraction of sp³-hybridized carbons (Fsp3) is 0.200. The van der Waals surface area contributed by atoms with Crippen LogP contribution in [0.15, 0.2) is 42.7 Å². The summed E-state index contributed by atoms with van der Waals surface area (Å²) in [5.41, 5.74) is 0.375. The Hall–Kier alpha value is -2.14. The SMILES string of the molecule is CN(CCOc1ccccc1F)C(=O)c1ccncc1Cl. The van der Waals surface area contributed by atoms with E-state index in [4.69, 9.17) is 16.3 Å². The number of ether oxygens (including phenoxy) is 1. The molecule has 0 saturated carbocycles. The second-order valence-electron chi connectivity index (χ2n) is 4.36. The quantitative estimate of drug-likeness (QED) is 0.852. The van der Waals surface area contributed by atoms with E-state index in [-0.39, 0.29) is 18.3 Å². The molecule has 0 fully saturated rings. The van der Waals surface area contributed by atoms with Gasteiger partial charge in [-0.3, -0.25) is 9.78 Å². The molecule has 1 aromatic heterocycles. The van der Waals surface area contributed by atoms with Crippen LogP contribution in [0.5, 0.6) is 5.75 Å². The molecule has 6 heteroatoms. The number of carbonyl (C=O) groups is 1. The third-order valence-corrected chi connectivity index (χ3v) is 3.17. The first-order valence-electron chi connectivity index (χ1n) is 6.32. The number of aromatic nitrogens is 1. The predicted molar refractivity (Wildman–Crippen MR) is 78.1 cm³/mol. The van der Waals surface area contributed by atoms with Gasteiger partial charge >= 0.3 is 0 Å². The predicted octanol–water partition coefficient (Wildman–Crippen LogP) is 3.03. The summed E-state index contributed by atoms with van der Waals surface area (Å²) in [6.45, 7) is 0.498. The Morgan fingerprint density at radius 3 is 2.86 bits per heavy atom. The number of halogens is 2. The second-order valence-corrected chi connectivity index (χ2v) is 4.77. The Labute approximate surface area is 127 Å². The summed E-state index contributed by atoms with van der Waals surface area (Å²) < 4.78 is 18.7. The van der Waals surface area contributed by atoms with Gasteiger partial charge in [-0.2, -0.15) is 0 Å². The second kappa shape index (κ2) is 7.04. The Kier molecular flexibility index (Phi) is 5.11. The number of para-hydroxylation sites is 1. The molecule has 0 saturated heterocycles. The van der Waals surface area contributed by atoms with Gasteiger partial charge in [0.25, 0.3) is 5.91 Å². The Bertz CT molecular complexity index is 637. The van der Waals surface area contributed by atoms with Crippen molar-refractivity contribution in [2.45, 2.75) is 0 Å². The fourth-order valence-electron chi connectivity index (χ4n) is 1.71. The number of benzene rings is 1. The lowest BCUT2D eigenvalue weighted by Gasteiger charge is -2.18. The number of hydrogen-bond acceptors (Lipinski definition) is 3. The van der Waals surface area contributed by atoms with Gasteiger partial charge in [0.15, 0.2) is 11.6 Å². The summed E-state index contributed by atoms with van der Waals surface area (Å²) in [6, 6.07) is 7.68. The fourth-order valence-corrected chi connectivity index (χ4v) is 1.91. The van der Waals surface area contributed by atoms with Crippen LogP contribution in [0, 0.1) is 5.82 Å². The summed E-state index contributed by atoms with van der Waals surface area (Å²) in [7, 11) is 1.63. The maximum absolute atomic E-state index is 13.4. The molecule has 0 aliphatic rings. The summed E-state index contributed by atoms with van der Waals surface area (Å²) in [5.74, 6) is -0.497. The van der Waals surface area contributed by atoms with Crippen LogP contribution in [0.2, 0.25) is 5.02 Å². The van der Waals surface area contributed by atoms with Crippen molar-refractivity contribution in [3.63, 3.8) is 0 Å². The van der Waals surface area contributed by atoms with E-state index >= 15 is 0 Å². The van der Waals surface area contributed by atoms with Crippen LogP contribution in [0.1, 0.15) is 10.4 Å². The lowest BCUT2D eigenvalue weighted by atomic mass is 10.2. The van der Waals surface area contributed by atoms with Crippen LogP contribution in [-0.4, -0.2) is 36.0 Å². The zero-order valence-electron chi connectivity index (χ0n) is 11.4. The molecule has 4 nitrogen and oxygen atoms in total. The minimum Gasteiger partial charge on any atom is -0.489 e. The maximum atomic E-state index is 13.4. The number of nitrogens with zero attached hydrogens (tertiary/aromatic N) is 2. The van der Waals surface area contributed by atoms with Crippen molar-refractivity contribution < 1.29 is 13.9 Å². The molecule has 0 atom stereocenters. The molecular formula is C15H14ClFN2O2. The van der Waals surface area contributed by atoms with Crippen LogP contribution < -0.4 is 4.74 Å². The van der Waals surface area contributed by atoms with Crippen molar-refractivity contribution in [2.75, 3.05) is 20.2 Å². The summed E-state index contributed by atoms with van der Waals surface area (Å²) in [4.78, 5) is 17.4. The molecule has 110 valence electrons. The molecular weight excluding hydrogens is 295 g/mol. The van der Waals surface area contributed by atoms with Crippen molar-refractivity contribution in [2.24, 2.45) is 0 Å². The average molecular weight is 309 g/mol. The molecule has 21 heavy (non-hydrogen) atoms. The van der Waals surface area contributed by atoms with E-state index < -0.39 is 5.82 Å². The van der Waals surface area contributed by atoms with Crippen molar-refractivity contribution in [3.8, 4) is 5.75 Å². The van der Waals surface area contributed by atoms with Crippen LogP contribution in [0.3, 0.4) is 0 Å². The van der Waals surface area contributed by atoms with E-state index in [1.165, 1.54) is 29.4 Å². The first kappa shape index (κ1) is 15.3. The highest BCUT2D eigenvalue weighted by molar-refractivity contribution is 6.33. The Morgan fingerprint density at radius 1 is 1.38 bits per heavy atom. The highest BCUT2D eigenvalue weighted by atomic mass is 35.5. The topological polar surface area (TPSA) is 42.4 Å². The molecule has 2 rings (SSSR count). The lowest BCUT2D eigenvalue weighted by molar-refractivity contribution is 0.0773. The highest BCUT2D eigenvalue weighted by Crippen LogP contribution is 2.16. The number of pyridine rings is 1. The molecule has 2 aromatic rings. The molecule has 1 aromatic carbocycles. The van der Waals surface area contributed by atoms with Crippen molar-refractivity contribution in [3.05, 3.63) is 59.1 Å². The third kappa shape index (κ3) is 3.92. The number of rotatable bonds is 5. The molecule has 0 radical (unpaired) electrons. The van der Waals surface area contributed by atoms with E-state index in [0.29, 0.717) is 17.1 Å². The summed E-state index contributed by atoms with van der Waals surface area (Å²) >= 11 is 5.92. The van der Waals surface area contributed by atoms with Crippen molar-refractivity contribution >= 4 is 17.5 Å². The first-order valence-corrected chi connectivity index (χ1v) is 6.69. The molecule has 0 unspecified atom stereocenters. The Morgan fingerprint density at radius 2 is 2.14 bits per heavy atom. The van der Waals surface area contributed by atoms with Gasteiger partial charge in [0.2, 0.25) is 0 Å². The van der Waals surface area contributed by atoms with Gasteiger partial charge in [0, 0.05) is 19.4 Å². The van der Waals surface area contributed by atoms with Crippen LogP contribution in [0.25, 0.3) is 0 Å². The van der Waals surface area contributed by atoms with Crippen molar-refractivity contribution in [1.82, 2.24) is 9.88 Å². The normalized spacial score (nSPS) is 10.2. The average Bonchev–Trinajstić information content (AvgIpc) is 2.49. The van der Waals surface area contributed by atoms with Crippen molar-refractivity contribution in [1.29, 1.82) is 0 Å². The van der Waals surface area contributed by atoms with E-state index in [1.54, 1.807) is 25.2 Å². The van der Waals surface area contributed by atoms with Gasteiger partial charge < -0.3 is 9.64 Å². The van der Waals surface area contributed by atoms with Gasteiger partial charge in [-0.25, -0.2) is 4.39 Å². The zero-order valence-corrected chi connectivity index (χ0v) is 12.2. The van der Waals surface area contributed by atoms with Crippen LogP contribution in [0.4, 0.5) is 4.39 Å². The molecule has 0 spiro atoms. The molecule has 0 N–H and O–H groups in total. The third-order valence-electron chi connectivity index (χ3n) is 2.87. The smallest absolute Gasteiger partial charge is 0.255 e. The lowest BCUT2D eigenvalue weighted by Crippen LogP contribution is -2.31. The van der Waals surface area contributed by atoms with Gasteiger partial charge in [-0.15, -0.1) is 0 Å². The van der Waals surface area contributed by atoms with E-state index in [0.717, 1.165) is 0 Å². The number of amides is 1. The molecule has 0 aliphatic heterocycles. The number of likely N-dealkylation sites (N-methyl/N-ethyl adjacent to an activating group) is 1. The van der Waals surface area contributed by atoms with Gasteiger partial charge in [-0.1, -0.05) is 23.7 Å². The van der Waals surface area contributed by atoms with Gasteiger partial charge in [0.1, 0.15) is 6.61 Å². The van der Waals surface area contributed by atoms with E-state index in [2.05, 4.69) is 4.98 Å². The number of hydrogen-bond donors (Lipinski definition) is 0. The minimum atomic E-state index is -0.427. The van der Waals surface area contributed by atoms with Crippen LogP contribution in [-0.2, 0) is 0 Å². The van der Waals surface area contributed by atoms with Gasteiger partial charge in [-0.05, 0) is 18.2 Å². The van der Waals surface area contributed by atoms with E-state index in [9.17, 15) is 9.18 Å². The Balaban J connectivity index is 1.90. The summed E-state index contributed by atoms with van der Waals surface area (Å²) in [6.07, 6.45) is 2.92. The first-order chi connectivity index (χ1) is 10.1. The number of carbonyl (C=O) groups excluding carboxylic acids is 1. The molecule has 0 aliphatic carbocycles. The molecule has 0 bridgehead atoms.